The van der Waals surface area contributed by atoms with Crippen molar-refractivity contribution in [2.75, 3.05) is 0 Å². The summed E-state index contributed by atoms with van der Waals surface area (Å²) in [5, 5.41) is 9.21. The molecule has 0 spiro atoms. The average molecular weight is 326 g/mol. The highest BCUT2D eigenvalue weighted by atomic mass is 79.9. The van der Waals surface area contributed by atoms with E-state index >= 15 is 0 Å². The lowest BCUT2D eigenvalue weighted by Crippen LogP contribution is -2.02. The van der Waals surface area contributed by atoms with Crippen molar-refractivity contribution in [1.82, 2.24) is 4.98 Å². The highest BCUT2D eigenvalue weighted by Gasteiger charge is 2.07. The summed E-state index contributed by atoms with van der Waals surface area (Å²) in [5.74, 6) is 0.280. The van der Waals surface area contributed by atoms with Crippen LogP contribution in [-0.4, -0.2) is 10.1 Å². The number of pyridine rings is 1. The summed E-state index contributed by atoms with van der Waals surface area (Å²) in [5.41, 5.74) is 2.04. The fourth-order valence-electron chi connectivity index (χ4n) is 1.67. The molecule has 1 aromatic carbocycles. The van der Waals surface area contributed by atoms with Crippen LogP contribution in [0.3, 0.4) is 0 Å². The summed E-state index contributed by atoms with van der Waals surface area (Å²) in [4.78, 5) is 4.16. The van der Waals surface area contributed by atoms with E-state index in [0.717, 1.165) is 10.2 Å². The van der Waals surface area contributed by atoms with Crippen LogP contribution in [0.2, 0.25) is 0 Å². The van der Waals surface area contributed by atoms with Crippen molar-refractivity contribution in [2.45, 2.75) is 20.1 Å². The number of aryl methyl sites for hydroxylation is 1. The molecule has 0 aliphatic heterocycles. The van der Waals surface area contributed by atoms with Gasteiger partial charge in [-0.05, 0) is 52.2 Å². The molecular formula is C14H13BrFNO2. The van der Waals surface area contributed by atoms with Crippen molar-refractivity contribution < 1.29 is 14.2 Å². The molecule has 2 aromatic rings. The lowest BCUT2D eigenvalue weighted by molar-refractivity contribution is 0.268. The third-order valence-electron chi connectivity index (χ3n) is 2.73. The van der Waals surface area contributed by atoms with E-state index in [0.29, 0.717) is 16.9 Å². The number of hydrogen-bond donors (Lipinski definition) is 1. The summed E-state index contributed by atoms with van der Waals surface area (Å²) in [6, 6.07) is 6.05. The zero-order valence-corrected chi connectivity index (χ0v) is 11.9. The van der Waals surface area contributed by atoms with Crippen LogP contribution >= 0.6 is 15.9 Å². The molecule has 0 saturated carbocycles. The van der Waals surface area contributed by atoms with Crippen LogP contribution in [0, 0.1) is 12.7 Å². The molecule has 0 amide bonds. The van der Waals surface area contributed by atoms with E-state index in [1.54, 1.807) is 18.3 Å². The number of nitrogens with zero attached hydrogens (tertiary/aromatic N) is 1. The minimum absolute atomic E-state index is 0.144. The monoisotopic (exact) mass is 325 g/mol. The number of ether oxygens (including phenoxy) is 1. The van der Waals surface area contributed by atoms with E-state index in [1.165, 1.54) is 12.1 Å². The number of halogens is 2. The Balaban J connectivity index is 2.18. The zero-order chi connectivity index (χ0) is 13.8. The first kappa shape index (κ1) is 14.0. The summed E-state index contributed by atoms with van der Waals surface area (Å²) in [6.07, 6.45) is 1.68. The molecule has 0 aliphatic rings. The maximum absolute atomic E-state index is 13.2. The molecule has 19 heavy (non-hydrogen) atoms. The first-order valence-corrected chi connectivity index (χ1v) is 6.52. The Hall–Kier alpha value is -1.46. The summed E-state index contributed by atoms with van der Waals surface area (Å²) in [6.45, 7) is 1.88. The van der Waals surface area contributed by atoms with Crippen LogP contribution in [0.4, 0.5) is 4.39 Å². The molecule has 0 fully saturated rings. The van der Waals surface area contributed by atoms with Crippen molar-refractivity contribution >= 4 is 15.9 Å². The minimum Gasteiger partial charge on any atom is -0.487 e. The van der Waals surface area contributed by atoms with Gasteiger partial charge in [-0.15, -0.1) is 0 Å². The number of hydrogen-bond acceptors (Lipinski definition) is 3. The summed E-state index contributed by atoms with van der Waals surface area (Å²) in [7, 11) is 0. The molecule has 0 bridgehead atoms. The van der Waals surface area contributed by atoms with Gasteiger partial charge in [0, 0.05) is 10.7 Å². The van der Waals surface area contributed by atoms with Gasteiger partial charge < -0.3 is 9.84 Å². The molecule has 1 heterocycles. The number of benzene rings is 1. The van der Waals surface area contributed by atoms with Gasteiger partial charge in [-0.3, -0.25) is 4.98 Å². The first-order valence-electron chi connectivity index (χ1n) is 5.73. The van der Waals surface area contributed by atoms with Gasteiger partial charge in [0.25, 0.3) is 0 Å². The van der Waals surface area contributed by atoms with Gasteiger partial charge >= 0.3 is 0 Å². The maximum Gasteiger partial charge on any atom is 0.142 e. The second kappa shape index (κ2) is 6.12. The van der Waals surface area contributed by atoms with Crippen LogP contribution in [0.1, 0.15) is 16.8 Å². The van der Waals surface area contributed by atoms with Crippen molar-refractivity contribution in [3.8, 4) is 5.75 Å². The molecule has 5 heteroatoms. The van der Waals surface area contributed by atoms with Gasteiger partial charge in [0.15, 0.2) is 0 Å². The zero-order valence-electron chi connectivity index (χ0n) is 10.4. The standard InChI is InChI=1S/C14H13BrFNO2/c1-9-14(5-12(15)6-17-9)19-8-11-4-13(16)3-2-10(11)7-18/h2-6,18H,7-8H2,1H3. The quantitative estimate of drug-likeness (QED) is 0.937. The smallest absolute Gasteiger partial charge is 0.142 e. The fraction of sp³-hybridized carbons (Fsp3) is 0.214. The molecule has 0 unspecified atom stereocenters. The predicted octanol–water partition coefficient (Wildman–Crippen LogP) is 3.36. The number of aliphatic hydroxyl groups excluding tert-OH is 1. The number of aliphatic hydroxyl groups is 1. The highest BCUT2D eigenvalue weighted by Crippen LogP contribution is 2.22. The molecular weight excluding hydrogens is 313 g/mol. The van der Waals surface area contributed by atoms with E-state index < -0.39 is 0 Å². The van der Waals surface area contributed by atoms with E-state index in [-0.39, 0.29) is 19.0 Å². The third-order valence-corrected chi connectivity index (χ3v) is 3.16. The first-order chi connectivity index (χ1) is 9.10. The van der Waals surface area contributed by atoms with Gasteiger partial charge in [-0.1, -0.05) is 6.07 Å². The Morgan fingerprint density at radius 1 is 1.32 bits per heavy atom. The summed E-state index contributed by atoms with van der Waals surface area (Å²) < 4.78 is 19.6. The van der Waals surface area contributed by atoms with Crippen LogP contribution < -0.4 is 4.74 Å². The van der Waals surface area contributed by atoms with Crippen LogP contribution in [0.15, 0.2) is 34.9 Å². The molecule has 0 aliphatic carbocycles. The molecule has 100 valence electrons. The SMILES string of the molecule is Cc1ncc(Br)cc1OCc1cc(F)ccc1CO. The van der Waals surface area contributed by atoms with Gasteiger partial charge in [0.05, 0.1) is 12.3 Å². The Morgan fingerprint density at radius 2 is 2.11 bits per heavy atom. The number of rotatable bonds is 4. The molecule has 2 rings (SSSR count). The predicted molar refractivity (Wildman–Crippen MR) is 73.3 cm³/mol. The van der Waals surface area contributed by atoms with Gasteiger partial charge in [0.2, 0.25) is 0 Å². The van der Waals surface area contributed by atoms with Crippen LogP contribution in [0.25, 0.3) is 0 Å². The maximum atomic E-state index is 13.2. The Morgan fingerprint density at radius 3 is 2.84 bits per heavy atom. The highest BCUT2D eigenvalue weighted by molar-refractivity contribution is 9.10. The average Bonchev–Trinajstić information content (AvgIpc) is 2.40. The molecule has 1 aromatic heterocycles. The Bertz CT molecular complexity index is 590. The van der Waals surface area contributed by atoms with E-state index in [1.807, 2.05) is 6.92 Å². The molecule has 0 radical (unpaired) electrons. The van der Waals surface area contributed by atoms with Crippen molar-refractivity contribution in [3.63, 3.8) is 0 Å². The van der Waals surface area contributed by atoms with Crippen LogP contribution in [-0.2, 0) is 13.2 Å². The topological polar surface area (TPSA) is 42.4 Å². The third kappa shape index (κ3) is 3.52. The van der Waals surface area contributed by atoms with Gasteiger partial charge in [-0.25, -0.2) is 4.39 Å². The van der Waals surface area contributed by atoms with Gasteiger partial charge in [-0.2, -0.15) is 0 Å². The van der Waals surface area contributed by atoms with Crippen molar-refractivity contribution in [2.24, 2.45) is 0 Å². The molecule has 0 atom stereocenters. The molecule has 1 N–H and O–H groups in total. The second-order valence-electron chi connectivity index (χ2n) is 4.10. The Kier molecular flexibility index (Phi) is 4.50. The Labute approximate surface area is 119 Å². The largest absolute Gasteiger partial charge is 0.487 e. The van der Waals surface area contributed by atoms with Crippen molar-refractivity contribution in [1.29, 1.82) is 0 Å². The fourth-order valence-corrected chi connectivity index (χ4v) is 1.98. The van der Waals surface area contributed by atoms with Crippen LogP contribution in [0.5, 0.6) is 5.75 Å². The van der Waals surface area contributed by atoms with E-state index in [9.17, 15) is 9.50 Å². The van der Waals surface area contributed by atoms with Gasteiger partial charge in [0.1, 0.15) is 18.2 Å². The lowest BCUT2D eigenvalue weighted by Gasteiger charge is -2.11. The summed E-state index contributed by atoms with van der Waals surface area (Å²) >= 11 is 3.32. The molecule has 0 saturated heterocycles. The number of aromatic nitrogens is 1. The minimum atomic E-state index is -0.347. The van der Waals surface area contributed by atoms with E-state index in [2.05, 4.69) is 20.9 Å². The second-order valence-corrected chi connectivity index (χ2v) is 5.01. The lowest BCUT2D eigenvalue weighted by atomic mass is 10.1. The van der Waals surface area contributed by atoms with E-state index in [4.69, 9.17) is 4.74 Å². The molecule has 3 nitrogen and oxygen atoms in total. The van der Waals surface area contributed by atoms with Crippen molar-refractivity contribution in [3.05, 3.63) is 57.6 Å². The normalized spacial score (nSPS) is 10.5.